The molecule has 0 fully saturated rings. The Kier molecular flexibility index (Phi) is 3.32. The molecule has 4 aromatic rings. The number of pyridine rings is 2. The molecular weight excluding hydrogens is 320 g/mol. The number of hydrogen-bond acceptors (Lipinski definition) is 3. The average molecular weight is 334 g/mol. The number of nitrogens with zero attached hydrogens (tertiary/aromatic N) is 2. The number of carbonyl (C=O) groups excluding carboxylic acids is 1. The van der Waals surface area contributed by atoms with Gasteiger partial charge in [0.05, 0.1) is 40.7 Å². The van der Waals surface area contributed by atoms with Crippen molar-refractivity contribution in [3.8, 4) is 11.4 Å². The minimum atomic E-state index is -0.996. The molecule has 0 spiro atoms. The van der Waals surface area contributed by atoms with Gasteiger partial charge in [-0.05, 0) is 36.4 Å². The van der Waals surface area contributed by atoms with Crippen molar-refractivity contribution in [1.82, 2.24) is 8.80 Å². The van der Waals surface area contributed by atoms with Crippen LogP contribution in [0.15, 0.2) is 60.9 Å². The van der Waals surface area contributed by atoms with Crippen LogP contribution in [0.1, 0.15) is 20.7 Å². The number of esters is 1. The molecule has 124 valence electrons. The highest BCUT2D eigenvalue weighted by Crippen LogP contribution is 2.30. The zero-order chi connectivity index (χ0) is 17.6. The first-order valence-electron chi connectivity index (χ1n) is 7.64. The van der Waals surface area contributed by atoms with Gasteiger partial charge < -0.3 is 18.6 Å². The third-order valence-electron chi connectivity index (χ3n) is 4.25. The number of ether oxygens (including phenoxy) is 1. The molecule has 4 rings (SSSR count). The van der Waals surface area contributed by atoms with E-state index in [1.807, 2.05) is 34.9 Å². The predicted molar refractivity (Wildman–Crippen MR) is 92.1 cm³/mol. The molecule has 1 N–H and O–H groups in total. The predicted octanol–water partition coefficient (Wildman–Crippen LogP) is 3.34. The maximum atomic E-state index is 12.1. The van der Waals surface area contributed by atoms with Gasteiger partial charge in [0.2, 0.25) is 0 Å². The fourth-order valence-electron chi connectivity index (χ4n) is 3.15. The summed E-state index contributed by atoms with van der Waals surface area (Å²) >= 11 is 0. The molecule has 0 bridgehead atoms. The zero-order valence-corrected chi connectivity index (χ0v) is 13.3. The van der Waals surface area contributed by atoms with Crippen LogP contribution < -0.4 is 0 Å². The third-order valence-corrected chi connectivity index (χ3v) is 4.25. The topological polar surface area (TPSA) is 72.4 Å². The van der Waals surface area contributed by atoms with E-state index in [0.29, 0.717) is 28.0 Å². The van der Waals surface area contributed by atoms with Gasteiger partial charge in [0.25, 0.3) is 0 Å². The summed E-state index contributed by atoms with van der Waals surface area (Å²) in [5, 5.41) is 9.49. The van der Waals surface area contributed by atoms with Crippen molar-refractivity contribution >= 4 is 23.0 Å². The van der Waals surface area contributed by atoms with Crippen LogP contribution in [0.2, 0.25) is 0 Å². The molecule has 0 aliphatic carbocycles. The van der Waals surface area contributed by atoms with Crippen molar-refractivity contribution in [3.63, 3.8) is 0 Å². The molecule has 25 heavy (non-hydrogen) atoms. The summed E-state index contributed by atoms with van der Waals surface area (Å²) in [6.45, 7) is 0. The molecular formula is C19H14N2O4. The van der Waals surface area contributed by atoms with E-state index in [4.69, 9.17) is 4.74 Å². The molecule has 0 atom stereocenters. The van der Waals surface area contributed by atoms with Gasteiger partial charge in [-0.2, -0.15) is 0 Å². The lowest BCUT2D eigenvalue weighted by atomic mass is 10.2. The number of carbonyl (C=O) groups is 2. The van der Waals surface area contributed by atoms with Gasteiger partial charge >= 0.3 is 11.9 Å². The molecule has 4 heterocycles. The van der Waals surface area contributed by atoms with Crippen LogP contribution in [-0.4, -0.2) is 33.0 Å². The normalized spacial score (nSPS) is 11.1. The lowest BCUT2D eigenvalue weighted by Gasteiger charge is -2.03. The highest BCUT2D eigenvalue weighted by atomic mass is 16.5. The van der Waals surface area contributed by atoms with Crippen molar-refractivity contribution in [2.45, 2.75) is 0 Å². The average Bonchev–Trinajstić information content (AvgIpc) is 3.20. The fraction of sp³-hybridized carbons (Fsp3) is 0.0526. The smallest absolute Gasteiger partial charge is 0.340 e. The quantitative estimate of drug-likeness (QED) is 0.583. The summed E-state index contributed by atoms with van der Waals surface area (Å²) in [7, 11) is 1.34. The number of hydrogen-bond donors (Lipinski definition) is 1. The zero-order valence-electron chi connectivity index (χ0n) is 13.3. The number of carboxylic acid groups (broad SMARTS) is 1. The number of rotatable bonds is 3. The molecule has 6 heteroatoms. The second-order valence-corrected chi connectivity index (χ2v) is 5.60. The van der Waals surface area contributed by atoms with Crippen LogP contribution >= 0.6 is 0 Å². The molecule has 0 aliphatic heterocycles. The first-order chi connectivity index (χ1) is 12.1. The van der Waals surface area contributed by atoms with Crippen LogP contribution in [0.4, 0.5) is 0 Å². The third kappa shape index (κ3) is 2.19. The Hall–Kier alpha value is -3.54. The van der Waals surface area contributed by atoms with Crippen molar-refractivity contribution in [3.05, 3.63) is 72.1 Å². The van der Waals surface area contributed by atoms with E-state index in [1.54, 1.807) is 34.9 Å². The largest absolute Gasteiger partial charge is 0.478 e. The van der Waals surface area contributed by atoms with Crippen LogP contribution in [0.3, 0.4) is 0 Å². The summed E-state index contributed by atoms with van der Waals surface area (Å²) in [6, 6.07) is 14.2. The van der Waals surface area contributed by atoms with E-state index >= 15 is 0 Å². The van der Waals surface area contributed by atoms with Crippen LogP contribution in [0.25, 0.3) is 22.4 Å². The number of methoxy groups -OCH3 is 1. The SMILES string of the molecule is COC(=O)c1cc(-c2cc(C(=O)O)c3ccccn23)n2ccccc12. The van der Waals surface area contributed by atoms with Crippen molar-refractivity contribution in [1.29, 1.82) is 0 Å². The lowest BCUT2D eigenvalue weighted by molar-refractivity contribution is 0.0602. The van der Waals surface area contributed by atoms with Gasteiger partial charge in [0.15, 0.2) is 0 Å². The minimum absolute atomic E-state index is 0.209. The fourth-order valence-corrected chi connectivity index (χ4v) is 3.15. The molecule has 0 aliphatic rings. The van der Waals surface area contributed by atoms with Crippen LogP contribution in [-0.2, 0) is 4.74 Å². The van der Waals surface area contributed by atoms with E-state index in [0.717, 1.165) is 0 Å². The number of aromatic nitrogens is 2. The van der Waals surface area contributed by atoms with E-state index in [1.165, 1.54) is 7.11 Å². The molecule has 0 amide bonds. The molecule has 0 radical (unpaired) electrons. The van der Waals surface area contributed by atoms with E-state index in [2.05, 4.69) is 0 Å². The first kappa shape index (κ1) is 15.0. The standard InChI is InChI=1S/C19H14N2O4/c1-25-19(24)13-11-17(21-9-5-3-7-15(13)21)16-10-12(18(22)23)14-6-2-4-8-20(14)16/h2-11H,1H3,(H,22,23). The number of carboxylic acids is 1. The minimum Gasteiger partial charge on any atom is -0.478 e. The van der Waals surface area contributed by atoms with Gasteiger partial charge in [-0.15, -0.1) is 0 Å². The molecule has 0 aromatic carbocycles. The number of aromatic carboxylic acids is 1. The summed E-state index contributed by atoms with van der Waals surface area (Å²) in [5.41, 5.74) is 3.33. The Morgan fingerprint density at radius 1 is 0.880 bits per heavy atom. The van der Waals surface area contributed by atoms with Crippen LogP contribution in [0, 0.1) is 0 Å². The molecule has 0 saturated heterocycles. The summed E-state index contributed by atoms with van der Waals surface area (Å²) in [6.07, 6.45) is 3.64. The Balaban J connectivity index is 2.08. The summed E-state index contributed by atoms with van der Waals surface area (Å²) in [4.78, 5) is 23.7. The van der Waals surface area contributed by atoms with E-state index < -0.39 is 11.9 Å². The second kappa shape index (κ2) is 5.52. The Bertz CT molecular complexity index is 1140. The van der Waals surface area contributed by atoms with Crippen LogP contribution in [0.5, 0.6) is 0 Å². The molecule has 4 aromatic heterocycles. The van der Waals surface area contributed by atoms with Gasteiger partial charge in [-0.1, -0.05) is 12.1 Å². The monoisotopic (exact) mass is 334 g/mol. The second-order valence-electron chi connectivity index (χ2n) is 5.60. The summed E-state index contributed by atoms with van der Waals surface area (Å²) < 4.78 is 8.53. The molecule has 0 unspecified atom stereocenters. The van der Waals surface area contributed by atoms with Crippen molar-refractivity contribution < 1.29 is 19.4 Å². The lowest BCUT2D eigenvalue weighted by Crippen LogP contribution is -1.99. The Morgan fingerprint density at radius 2 is 1.40 bits per heavy atom. The van der Waals surface area contributed by atoms with Gasteiger partial charge in [-0.25, -0.2) is 9.59 Å². The Labute approximate surface area is 142 Å². The first-order valence-corrected chi connectivity index (χ1v) is 7.64. The highest BCUT2D eigenvalue weighted by molar-refractivity contribution is 6.01. The molecule has 6 nitrogen and oxygen atoms in total. The number of fused-ring (bicyclic) bond motifs is 2. The maximum Gasteiger partial charge on any atom is 0.340 e. The van der Waals surface area contributed by atoms with Gasteiger partial charge in [0, 0.05) is 12.4 Å². The Morgan fingerprint density at radius 3 is 1.92 bits per heavy atom. The molecule has 0 saturated carbocycles. The van der Waals surface area contributed by atoms with Crippen molar-refractivity contribution in [2.24, 2.45) is 0 Å². The van der Waals surface area contributed by atoms with Crippen molar-refractivity contribution in [2.75, 3.05) is 7.11 Å². The van der Waals surface area contributed by atoms with E-state index in [-0.39, 0.29) is 5.56 Å². The van der Waals surface area contributed by atoms with Gasteiger partial charge in [0.1, 0.15) is 0 Å². The van der Waals surface area contributed by atoms with Gasteiger partial charge in [-0.3, -0.25) is 0 Å². The maximum absolute atomic E-state index is 12.1. The highest BCUT2D eigenvalue weighted by Gasteiger charge is 2.21. The summed E-state index contributed by atoms with van der Waals surface area (Å²) in [5.74, 6) is -1.43. The van der Waals surface area contributed by atoms with E-state index in [9.17, 15) is 14.7 Å².